The topological polar surface area (TPSA) is 123 Å². The molecule has 0 atom stereocenters. The molecule has 0 spiro atoms. The molecule has 154 valence electrons. The fraction of sp³-hybridized carbons (Fsp3) is 0.889. The molecule has 0 aromatic heterocycles. The van der Waals surface area contributed by atoms with Crippen LogP contribution < -0.4 is 21.3 Å². The van der Waals surface area contributed by atoms with Crippen molar-refractivity contribution in [3.8, 4) is 0 Å². The molecule has 0 aliphatic heterocycles. The van der Waals surface area contributed by atoms with Gasteiger partial charge in [0.1, 0.15) is 0 Å². The van der Waals surface area contributed by atoms with Gasteiger partial charge < -0.3 is 31.5 Å². The third-order valence-electron chi connectivity index (χ3n) is 3.88. The van der Waals surface area contributed by atoms with Gasteiger partial charge in [-0.2, -0.15) is 0 Å². The molecule has 0 aliphatic carbocycles. The fourth-order valence-corrected chi connectivity index (χ4v) is 2.44. The summed E-state index contributed by atoms with van der Waals surface area (Å²) in [6.45, 7) is 3.89. The van der Waals surface area contributed by atoms with E-state index < -0.39 is 0 Å². The Kier molecular flexibility index (Phi) is 19.2. The third-order valence-corrected chi connectivity index (χ3v) is 3.88. The first-order valence-electron chi connectivity index (χ1n) is 9.87. The van der Waals surface area contributed by atoms with Crippen LogP contribution in [0.5, 0.6) is 0 Å². The largest absolute Gasteiger partial charge is 0.395 e. The van der Waals surface area contributed by atoms with E-state index in [1.165, 1.54) is 0 Å². The summed E-state index contributed by atoms with van der Waals surface area (Å²) in [7, 11) is 0. The molecule has 0 unspecified atom stereocenters. The lowest BCUT2D eigenvalue weighted by Gasteiger charge is -2.07. The number of amides is 2. The predicted octanol–water partition coefficient (Wildman–Crippen LogP) is -0.497. The number of nitrogens with one attached hydrogen (secondary N) is 4. The van der Waals surface area contributed by atoms with E-state index in [9.17, 15) is 9.59 Å². The molecular weight excluding hydrogens is 336 g/mol. The number of aliphatic hydroxyl groups is 2. The van der Waals surface area contributed by atoms with Gasteiger partial charge in [-0.25, -0.2) is 0 Å². The molecule has 0 aromatic carbocycles. The number of hydrogen-bond donors (Lipinski definition) is 6. The molecule has 8 nitrogen and oxygen atoms in total. The number of carbonyl (C=O) groups excluding carboxylic acids is 2. The maximum absolute atomic E-state index is 11.6. The van der Waals surface area contributed by atoms with Crippen LogP contribution in [-0.4, -0.2) is 74.5 Å². The molecule has 0 bridgehead atoms. The molecule has 0 saturated carbocycles. The lowest BCUT2D eigenvalue weighted by molar-refractivity contribution is -0.122. The zero-order valence-corrected chi connectivity index (χ0v) is 16.0. The van der Waals surface area contributed by atoms with Gasteiger partial charge in [0.25, 0.3) is 0 Å². The van der Waals surface area contributed by atoms with Crippen molar-refractivity contribution in [3.05, 3.63) is 0 Å². The minimum Gasteiger partial charge on any atom is -0.395 e. The second kappa shape index (κ2) is 20.1. The summed E-state index contributed by atoms with van der Waals surface area (Å²) >= 11 is 0. The van der Waals surface area contributed by atoms with Gasteiger partial charge in [-0.3, -0.25) is 9.59 Å². The van der Waals surface area contributed by atoms with Crippen molar-refractivity contribution < 1.29 is 19.8 Å². The maximum atomic E-state index is 11.6. The highest BCUT2D eigenvalue weighted by atomic mass is 16.3. The standard InChI is InChI=1S/C18H38N4O4/c23-15-13-19-9-11-21-17(25)7-5-3-1-2-4-6-8-18(26)22-12-10-20-14-16-24/h19-20,23-24H,1-16H2,(H,21,25)(H,22,26). The second-order valence-electron chi connectivity index (χ2n) is 6.27. The molecule has 8 heteroatoms. The monoisotopic (exact) mass is 374 g/mol. The van der Waals surface area contributed by atoms with Crippen LogP contribution in [0.15, 0.2) is 0 Å². The Labute approximate surface area is 157 Å². The summed E-state index contributed by atoms with van der Waals surface area (Å²) in [4.78, 5) is 23.2. The fourth-order valence-electron chi connectivity index (χ4n) is 2.44. The summed E-state index contributed by atoms with van der Waals surface area (Å²) in [5.41, 5.74) is 0. The van der Waals surface area contributed by atoms with E-state index in [0.29, 0.717) is 52.1 Å². The number of carbonyl (C=O) groups is 2. The molecule has 2 amide bonds. The Morgan fingerprint density at radius 2 is 0.923 bits per heavy atom. The van der Waals surface area contributed by atoms with E-state index in [-0.39, 0.29) is 25.0 Å². The van der Waals surface area contributed by atoms with Crippen molar-refractivity contribution >= 4 is 11.8 Å². The predicted molar refractivity (Wildman–Crippen MR) is 103 cm³/mol. The molecule has 6 N–H and O–H groups in total. The van der Waals surface area contributed by atoms with Gasteiger partial charge in [-0.1, -0.05) is 25.7 Å². The Hall–Kier alpha value is -1.22. The summed E-state index contributed by atoms with van der Waals surface area (Å²) in [5.74, 6) is 0.168. The minimum absolute atomic E-state index is 0.0842. The van der Waals surface area contributed by atoms with Crippen LogP contribution in [0.4, 0.5) is 0 Å². The quantitative estimate of drug-likeness (QED) is 0.170. The zero-order chi connectivity index (χ0) is 19.3. The van der Waals surface area contributed by atoms with E-state index in [1.54, 1.807) is 0 Å². The molecule has 0 aliphatic rings. The number of rotatable bonds is 19. The van der Waals surface area contributed by atoms with Crippen LogP contribution >= 0.6 is 0 Å². The van der Waals surface area contributed by atoms with Crippen LogP contribution in [-0.2, 0) is 9.59 Å². The van der Waals surface area contributed by atoms with Crippen molar-refractivity contribution in [3.63, 3.8) is 0 Å². The number of aliphatic hydroxyl groups excluding tert-OH is 2. The second-order valence-corrected chi connectivity index (χ2v) is 6.27. The smallest absolute Gasteiger partial charge is 0.220 e. The molecule has 0 radical (unpaired) electrons. The average Bonchev–Trinajstić information content (AvgIpc) is 2.63. The normalized spacial score (nSPS) is 10.7. The van der Waals surface area contributed by atoms with Crippen molar-refractivity contribution in [1.29, 1.82) is 0 Å². The van der Waals surface area contributed by atoms with Gasteiger partial charge in [0.15, 0.2) is 0 Å². The van der Waals surface area contributed by atoms with Gasteiger partial charge in [0.05, 0.1) is 13.2 Å². The van der Waals surface area contributed by atoms with Crippen LogP contribution in [0.2, 0.25) is 0 Å². The van der Waals surface area contributed by atoms with Crippen molar-refractivity contribution in [2.75, 3.05) is 52.5 Å². The van der Waals surface area contributed by atoms with Gasteiger partial charge in [-0.15, -0.1) is 0 Å². The Balaban J connectivity index is 3.25. The highest BCUT2D eigenvalue weighted by Gasteiger charge is 2.02. The summed E-state index contributed by atoms with van der Waals surface area (Å²) < 4.78 is 0. The summed E-state index contributed by atoms with van der Waals surface area (Å²) in [6, 6.07) is 0. The Bertz CT molecular complexity index is 311. The van der Waals surface area contributed by atoms with Crippen molar-refractivity contribution in [2.24, 2.45) is 0 Å². The van der Waals surface area contributed by atoms with Crippen molar-refractivity contribution in [2.45, 2.75) is 51.4 Å². The van der Waals surface area contributed by atoms with E-state index in [1.807, 2.05) is 0 Å². The lowest BCUT2D eigenvalue weighted by atomic mass is 10.1. The van der Waals surface area contributed by atoms with E-state index >= 15 is 0 Å². The van der Waals surface area contributed by atoms with Crippen LogP contribution in [0.25, 0.3) is 0 Å². The molecule has 26 heavy (non-hydrogen) atoms. The van der Waals surface area contributed by atoms with Crippen LogP contribution in [0.3, 0.4) is 0 Å². The van der Waals surface area contributed by atoms with E-state index in [4.69, 9.17) is 10.2 Å². The first-order valence-corrected chi connectivity index (χ1v) is 9.87. The maximum Gasteiger partial charge on any atom is 0.220 e. The van der Waals surface area contributed by atoms with Crippen LogP contribution in [0, 0.1) is 0 Å². The molecule has 0 aromatic rings. The van der Waals surface area contributed by atoms with Gasteiger partial charge >= 0.3 is 0 Å². The highest BCUT2D eigenvalue weighted by molar-refractivity contribution is 5.76. The number of hydrogen-bond acceptors (Lipinski definition) is 6. The Morgan fingerprint density at radius 3 is 1.31 bits per heavy atom. The number of unbranched alkanes of at least 4 members (excludes halogenated alkanes) is 5. The molecule has 0 fully saturated rings. The van der Waals surface area contributed by atoms with Gasteiger partial charge in [0.2, 0.25) is 11.8 Å². The molecule has 0 rings (SSSR count). The SMILES string of the molecule is O=C(CCCCCCCCC(=O)NCCNCCO)NCCNCCO. The van der Waals surface area contributed by atoms with E-state index in [0.717, 1.165) is 38.5 Å². The highest BCUT2D eigenvalue weighted by Crippen LogP contribution is 2.08. The molecule has 0 heterocycles. The molecular formula is C18H38N4O4. The van der Waals surface area contributed by atoms with Crippen LogP contribution in [0.1, 0.15) is 51.4 Å². The summed E-state index contributed by atoms with van der Waals surface area (Å²) in [6.07, 6.45) is 7.20. The van der Waals surface area contributed by atoms with E-state index in [2.05, 4.69) is 21.3 Å². The average molecular weight is 375 g/mol. The molecule has 0 saturated heterocycles. The Morgan fingerprint density at radius 1 is 0.538 bits per heavy atom. The van der Waals surface area contributed by atoms with Gasteiger partial charge in [-0.05, 0) is 12.8 Å². The zero-order valence-electron chi connectivity index (χ0n) is 16.0. The van der Waals surface area contributed by atoms with Gasteiger partial charge in [0, 0.05) is 52.1 Å². The lowest BCUT2D eigenvalue weighted by Crippen LogP contribution is -2.32. The third kappa shape index (κ3) is 19.1. The van der Waals surface area contributed by atoms with Crippen molar-refractivity contribution in [1.82, 2.24) is 21.3 Å². The first-order chi connectivity index (χ1) is 12.7. The first kappa shape index (κ1) is 24.8. The summed E-state index contributed by atoms with van der Waals surface area (Å²) in [5, 5.41) is 28.9. The minimum atomic E-state index is 0.0842.